The van der Waals surface area contributed by atoms with E-state index < -0.39 is 41.7 Å². The molecular weight excluding hydrogens is 354 g/mol. The number of hydrogen-bond acceptors (Lipinski definition) is 6. The zero-order valence-corrected chi connectivity index (χ0v) is 14.6. The van der Waals surface area contributed by atoms with Gasteiger partial charge in [-0.1, -0.05) is 18.5 Å². The second kappa shape index (κ2) is 9.03. The Hall–Kier alpha value is -2.61. The second-order valence-corrected chi connectivity index (χ2v) is 5.62. The Morgan fingerprint density at radius 3 is 1.92 bits per heavy atom. The van der Waals surface area contributed by atoms with Crippen molar-refractivity contribution in [3.63, 3.8) is 0 Å². The molecule has 0 aromatic heterocycles. The molecule has 25 heavy (non-hydrogen) atoms. The molecule has 136 valence electrons. The third-order valence-corrected chi connectivity index (χ3v) is 3.87. The van der Waals surface area contributed by atoms with Crippen molar-refractivity contribution in [2.24, 2.45) is 11.8 Å². The van der Waals surface area contributed by atoms with Gasteiger partial charge in [-0.25, -0.2) is 4.79 Å². The first-order valence-corrected chi connectivity index (χ1v) is 7.55. The van der Waals surface area contributed by atoms with Crippen LogP contribution in [-0.2, 0) is 23.9 Å². The van der Waals surface area contributed by atoms with E-state index in [2.05, 4.69) is 14.8 Å². The number of ether oxygens (including phenoxy) is 2. The van der Waals surface area contributed by atoms with Crippen LogP contribution in [0.1, 0.15) is 17.3 Å². The van der Waals surface area contributed by atoms with Crippen LogP contribution >= 0.6 is 11.6 Å². The van der Waals surface area contributed by atoms with Crippen molar-refractivity contribution in [1.82, 2.24) is 5.32 Å². The lowest BCUT2D eigenvalue weighted by Gasteiger charge is -2.26. The predicted molar refractivity (Wildman–Crippen MR) is 87.0 cm³/mol. The standard InChI is InChI=1S/C16H18ClNO7/c1-8(11(15(22)24-2)16(23)25-3)12(14(20)21)18-13(19)9-4-6-10(17)7-5-9/h4-8,11-12H,1-3H3,(H,18,19)(H,20,21)/t8-,12-/m0/s1. The number of aliphatic carboxylic acids is 1. The van der Waals surface area contributed by atoms with Crippen LogP contribution in [-0.4, -0.2) is 49.2 Å². The Morgan fingerprint density at radius 2 is 1.52 bits per heavy atom. The topological polar surface area (TPSA) is 119 Å². The van der Waals surface area contributed by atoms with Gasteiger partial charge < -0.3 is 19.9 Å². The number of carboxylic acid groups (broad SMARTS) is 1. The highest BCUT2D eigenvalue weighted by molar-refractivity contribution is 6.30. The summed E-state index contributed by atoms with van der Waals surface area (Å²) in [7, 11) is 2.13. The zero-order chi connectivity index (χ0) is 19.1. The molecule has 0 radical (unpaired) electrons. The molecule has 0 bridgehead atoms. The maximum absolute atomic E-state index is 12.2. The first-order chi connectivity index (χ1) is 11.7. The second-order valence-electron chi connectivity index (χ2n) is 5.18. The maximum atomic E-state index is 12.2. The van der Waals surface area contributed by atoms with Crippen LogP contribution in [0.15, 0.2) is 24.3 Å². The number of carbonyl (C=O) groups excluding carboxylic acids is 3. The van der Waals surface area contributed by atoms with E-state index in [1.54, 1.807) is 0 Å². The van der Waals surface area contributed by atoms with Crippen LogP contribution in [0.4, 0.5) is 0 Å². The molecule has 0 aliphatic carbocycles. The number of amides is 1. The summed E-state index contributed by atoms with van der Waals surface area (Å²) >= 11 is 5.74. The Labute approximate surface area is 149 Å². The zero-order valence-electron chi connectivity index (χ0n) is 13.8. The molecule has 0 heterocycles. The molecule has 0 unspecified atom stereocenters. The lowest BCUT2D eigenvalue weighted by atomic mass is 9.87. The summed E-state index contributed by atoms with van der Waals surface area (Å²) in [5.74, 6) is -6.62. The number of esters is 2. The number of carbonyl (C=O) groups is 4. The van der Waals surface area contributed by atoms with Gasteiger partial charge in [0, 0.05) is 16.5 Å². The molecule has 0 aliphatic rings. The van der Waals surface area contributed by atoms with E-state index in [4.69, 9.17) is 11.6 Å². The fraction of sp³-hybridized carbons (Fsp3) is 0.375. The molecule has 0 aliphatic heterocycles. The Morgan fingerprint density at radius 1 is 1.04 bits per heavy atom. The lowest BCUT2D eigenvalue weighted by Crippen LogP contribution is -2.50. The summed E-state index contributed by atoms with van der Waals surface area (Å²) in [5.41, 5.74) is 0.176. The summed E-state index contributed by atoms with van der Waals surface area (Å²) in [5, 5.41) is 12.1. The summed E-state index contributed by atoms with van der Waals surface area (Å²) in [6, 6.07) is 4.26. The first kappa shape index (κ1) is 20.4. The normalized spacial score (nSPS) is 12.8. The molecule has 0 spiro atoms. The summed E-state index contributed by atoms with van der Waals surface area (Å²) in [6.07, 6.45) is 0. The molecule has 0 saturated carbocycles. The number of halogens is 1. The maximum Gasteiger partial charge on any atom is 0.326 e. The van der Waals surface area contributed by atoms with Gasteiger partial charge in [0.25, 0.3) is 5.91 Å². The molecule has 2 atom stereocenters. The number of hydrogen-bond donors (Lipinski definition) is 2. The van der Waals surface area contributed by atoms with E-state index >= 15 is 0 Å². The summed E-state index contributed by atoms with van der Waals surface area (Å²) < 4.78 is 9.06. The van der Waals surface area contributed by atoms with E-state index in [0.717, 1.165) is 14.2 Å². The molecular formula is C16H18ClNO7. The van der Waals surface area contributed by atoms with Crippen LogP contribution in [0.5, 0.6) is 0 Å². The van der Waals surface area contributed by atoms with Gasteiger partial charge in [0.2, 0.25) is 0 Å². The van der Waals surface area contributed by atoms with Gasteiger partial charge >= 0.3 is 17.9 Å². The van der Waals surface area contributed by atoms with E-state index in [1.165, 1.54) is 31.2 Å². The summed E-state index contributed by atoms with van der Waals surface area (Å²) in [4.78, 5) is 47.4. The largest absolute Gasteiger partial charge is 0.480 e. The van der Waals surface area contributed by atoms with Gasteiger partial charge in [-0.05, 0) is 24.3 Å². The van der Waals surface area contributed by atoms with Crippen molar-refractivity contribution in [2.45, 2.75) is 13.0 Å². The van der Waals surface area contributed by atoms with Crippen LogP contribution < -0.4 is 5.32 Å². The fourth-order valence-electron chi connectivity index (χ4n) is 2.22. The van der Waals surface area contributed by atoms with Gasteiger partial charge in [0.15, 0.2) is 5.92 Å². The first-order valence-electron chi connectivity index (χ1n) is 7.17. The quantitative estimate of drug-likeness (QED) is 0.544. The number of benzene rings is 1. The number of rotatable bonds is 7. The van der Waals surface area contributed by atoms with Gasteiger partial charge in [-0.2, -0.15) is 0 Å². The van der Waals surface area contributed by atoms with E-state index in [-0.39, 0.29) is 5.56 Å². The van der Waals surface area contributed by atoms with Gasteiger partial charge in [-0.3, -0.25) is 14.4 Å². The van der Waals surface area contributed by atoms with Crippen LogP contribution in [0, 0.1) is 11.8 Å². The Kier molecular flexibility index (Phi) is 7.38. The molecule has 0 saturated heterocycles. The average molecular weight is 372 g/mol. The molecule has 2 N–H and O–H groups in total. The molecule has 1 aromatic rings. The number of carboxylic acids is 1. The minimum atomic E-state index is -1.52. The van der Waals surface area contributed by atoms with E-state index in [9.17, 15) is 24.3 Å². The van der Waals surface area contributed by atoms with E-state index in [1.807, 2.05) is 0 Å². The number of nitrogens with one attached hydrogen (secondary N) is 1. The van der Waals surface area contributed by atoms with Crippen LogP contribution in [0.2, 0.25) is 5.02 Å². The molecule has 1 rings (SSSR count). The van der Waals surface area contributed by atoms with E-state index in [0.29, 0.717) is 5.02 Å². The van der Waals surface area contributed by atoms with Gasteiger partial charge in [0.05, 0.1) is 14.2 Å². The lowest BCUT2D eigenvalue weighted by molar-refractivity contribution is -0.162. The fourth-order valence-corrected chi connectivity index (χ4v) is 2.34. The van der Waals surface area contributed by atoms with Crippen molar-refractivity contribution in [1.29, 1.82) is 0 Å². The summed E-state index contributed by atoms with van der Waals surface area (Å²) in [6.45, 7) is 1.33. The monoisotopic (exact) mass is 371 g/mol. The smallest absolute Gasteiger partial charge is 0.326 e. The number of methoxy groups -OCH3 is 2. The minimum absolute atomic E-state index is 0.176. The predicted octanol–water partition coefficient (Wildman–Crippen LogP) is 1.12. The third kappa shape index (κ3) is 5.18. The SMILES string of the molecule is COC(=O)C(C(=O)OC)[C@H](C)[C@H](NC(=O)c1ccc(Cl)cc1)C(=O)O. The molecule has 9 heteroatoms. The highest BCUT2D eigenvalue weighted by Crippen LogP contribution is 2.20. The average Bonchev–Trinajstić information content (AvgIpc) is 2.59. The van der Waals surface area contributed by atoms with Crippen molar-refractivity contribution < 1.29 is 33.8 Å². The Bertz CT molecular complexity index is 643. The molecule has 0 fully saturated rings. The van der Waals surface area contributed by atoms with Crippen molar-refractivity contribution in [3.05, 3.63) is 34.9 Å². The van der Waals surface area contributed by atoms with Crippen molar-refractivity contribution in [3.8, 4) is 0 Å². The highest BCUT2D eigenvalue weighted by Gasteiger charge is 2.42. The molecule has 1 aromatic carbocycles. The van der Waals surface area contributed by atoms with Gasteiger partial charge in [0.1, 0.15) is 6.04 Å². The highest BCUT2D eigenvalue weighted by atomic mass is 35.5. The van der Waals surface area contributed by atoms with Crippen LogP contribution in [0.3, 0.4) is 0 Å². The van der Waals surface area contributed by atoms with Gasteiger partial charge in [-0.15, -0.1) is 0 Å². The van der Waals surface area contributed by atoms with Crippen LogP contribution in [0.25, 0.3) is 0 Å². The molecule has 1 amide bonds. The minimum Gasteiger partial charge on any atom is -0.480 e. The van der Waals surface area contributed by atoms with Crippen molar-refractivity contribution in [2.75, 3.05) is 14.2 Å². The third-order valence-electron chi connectivity index (χ3n) is 3.62. The molecule has 8 nitrogen and oxygen atoms in total. The van der Waals surface area contributed by atoms with Crippen molar-refractivity contribution >= 4 is 35.4 Å². The Balaban J connectivity index is 3.06.